The first kappa shape index (κ1) is 52.6. The largest absolute Gasteiger partial charge is 0.508 e. The Morgan fingerprint density at radius 1 is 0.631 bits per heavy atom. The molecular weight excluding hydrogens is 865 g/mol. The summed E-state index contributed by atoms with van der Waals surface area (Å²) in [6.07, 6.45) is 0.564. The van der Waals surface area contributed by atoms with Crippen LogP contribution < -0.4 is 37.6 Å². The van der Waals surface area contributed by atoms with E-state index < -0.39 is 88.5 Å². The Balaban J connectivity index is 1.98. The molecule has 0 spiro atoms. The molecule has 0 fully saturated rings. The fourth-order valence-corrected chi connectivity index (χ4v) is 6.84. The van der Waals surface area contributed by atoms with Gasteiger partial charge in [0.05, 0.1) is 4.92 Å². The van der Waals surface area contributed by atoms with E-state index >= 15 is 0 Å². The first-order valence-electron chi connectivity index (χ1n) is 21.0. The van der Waals surface area contributed by atoms with Crippen molar-refractivity contribution in [2.45, 2.75) is 102 Å². The number of hydrogen-bond donors (Lipinski definition) is 11. The highest BCUT2D eigenvalue weighted by Gasteiger charge is 2.35. The number of hydrogen-bond acceptors (Lipinski definition) is 13. The Morgan fingerprint density at radius 3 is 1.48 bits per heavy atom. The van der Waals surface area contributed by atoms with Gasteiger partial charge in [0.25, 0.3) is 5.69 Å². The molecule has 21 heteroatoms. The van der Waals surface area contributed by atoms with Crippen molar-refractivity contribution in [1.82, 2.24) is 31.9 Å². The van der Waals surface area contributed by atoms with Crippen LogP contribution >= 0.6 is 12.6 Å². The maximum atomic E-state index is 14.4. The van der Waals surface area contributed by atoms with E-state index in [1.54, 1.807) is 13.8 Å². The number of benzene rings is 3. The number of nitro benzene ring substituents is 1. The van der Waals surface area contributed by atoms with E-state index in [0.717, 1.165) is 0 Å². The predicted octanol–water partition coefficient (Wildman–Crippen LogP) is 1.15. The number of carbonyl (C=O) groups excluding carboxylic acids is 6. The van der Waals surface area contributed by atoms with Crippen LogP contribution in [0, 0.1) is 16.0 Å². The smallest absolute Gasteiger partial charge is 0.326 e. The number of carboxylic acids is 1. The molecule has 0 heterocycles. The van der Waals surface area contributed by atoms with Crippen molar-refractivity contribution >= 4 is 59.7 Å². The molecule has 20 nitrogen and oxygen atoms in total. The lowest BCUT2D eigenvalue weighted by Crippen LogP contribution is -2.61. The molecule has 11 N–H and O–H groups in total. The van der Waals surface area contributed by atoms with E-state index in [4.69, 9.17) is 5.73 Å². The number of carbonyl (C=O) groups is 7. The number of nitrogens with zero attached hydrogens (tertiary/aromatic N) is 1. The zero-order valence-corrected chi connectivity index (χ0v) is 37.2. The van der Waals surface area contributed by atoms with E-state index in [1.165, 1.54) is 79.7 Å². The summed E-state index contributed by atoms with van der Waals surface area (Å²) in [7, 11) is 0. The molecule has 0 aromatic heterocycles. The number of phenolic OH excluding ortho intramolecular Hbond substituents is 2. The number of aliphatic carboxylic acids is 1. The molecule has 3 rings (SSSR count). The molecular formula is C44H58N8O12S. The van der Waals surface area contributed by atoms with Crippen LogP contribution in [0.3, 0.4) is 0 Å². The molecule has 6 amide bonds. The van der Waals surface area contributed by atoms with Gasteiger partial charge in [0.2, 0.25) is 35.4 Å². The number of unbranched alkanes of at least 4 members (excludes halogenated alkanes) is 1. The van der Waals surface area contributed by atoms with Gasteiger partial charge in [0, 0.05) is 44.1 Å². The van der Waals surface area contributed by atoms with Crippen LogP contribution in [-0.4, -0.2) is 110 Å². The first-order chi connectivity index (χ1) is 30.8. The third-order valence-electron chi connectivity index (χ3n) is 10.5. The second kappa shape index (κ2) is 26.1. The number of nitro groups is 1. The highest BCUT2D eigenvalue weighted by molar-refractivity contribution is 7.80. The average Bonchev–Trinajstić information content (AvgIpc) is 3.27. The first-order valence-corrected chi connectivity index (χ1v) is 21.6. The molecule has 0 aliphatic carbocycles. The summed E-state index contributed by atoms with van der Waals surface area (Å²) in [5, 5.41) is 56.5. The van der Waals surface area contributed by atoms with Crippen molar-refractivity contribution in [3.8, 4) is 11.5 Å². The zero-order chi connectivity index (χ0) is 48.2. The molecule has 0 aliphatic rings. The van der Waals surface area contributed by atoms with E-state index in [0.29, 0.717) is 36.0 Å². The van der Waals surface area contributed by atoms with Gasteiger partial charge in [-0.05, 0) is 72.7 Å². The second-order valence-corrected chi connectivity index (χ2v) is 15.9. The van der Waals surface area contributed by atoms with Gasteiger partial charge >= 0.3 is 5.97 Å². The number of nitrogens with two attached hydrogens (primary N) is 1. The molecule has 3 aromatic rings. The van der Waals surface area contributed by atoms with Crippen LogP contribution in [0.25, 0.3) is 0 Å². The zero-order valence-electron chi connectivity index (χ0n) is 36.3. The Labute approximate surface area is 381 Å². The molecule has 0 saturated heterocycles. The molecule has 0 bridgehead atoms. The van der Waals surface area contributed by atoms with Gasteiger partial charge in [-0.25, -0.2) is 4.79 Å². The van der Waals surface area contributed by atoms with Gasteiger partial charge in [-0.1, -0.05) is 56.7 Å². The maximum absolute atomic E-state index is 14.4. The third kappa shape index (κ3) is 17.4. The lowest BCUT2D eigenvalue weighted by atomic mass is 9.96. The van der Waals surface area contributed by atoms with Crippen molar-refractivity contribution in [2.75, 3.05) is 12.3 Å². The van der Waals surface area contributed by atoms with Crippen molar-refractivity contribution in [3.63, 3.8) is 0 Å². The van der Waals surface area contributed by atoms with Crippen molar-refractivity contribution in [1.29, 1.82) is 0 Å². The number of nitrogens with one attached hydrogen (secondary N) is 6. The standard InChI is InChI=1S/C44H58N8O12S/c1-4-25(2)38(51-42(59)37(24-65)46-26(3)53)43(60)49-35(21-27-8-14-30(15-9-27)52(63)64)40(57)47-33(7-5-6-20-45)39(56)48-34(22-28-10-16-31(54)17-11-28)41(58)50-36(44(61)62)23-29-12-18-32(55)19-13-29/h8-19,25,33-38,54-55,65H,4-7,20-24,45H2,1-3H3,(H,46,53)(H,47,57)(H,48,56)(H,49,60)(H,50,58)(H,51,59)(H,61,62). The van der Waals surface area contributed by atoms with Gasteiger partial charge in [0.1, 0.15) is 47.8 Å². The summed E-state index contributed by atoms with van der Waals surface area (Å²) in [5.41, 5.74) is 6.86. The highest BCUT2D eigenvalue weighted by atomic mass is 32.1. The predicted molar refractivity (Wildman–Crippen MR) is 242 cm³/mol. The molecule has 3 aromatic carbocycles. The van der Waals surface area contributed by atoms with Crippen LogP contribution in [-0.2, 0) is 52.8 Å². The van der Waals surface area contributed by atoms with Crippen LogP contribution in [0.5, 0.6) is 11.5 Å². The molecule has 0 radical (unpaired) electrons. The van der Waals surface area contributed by atoms with E-state index in [2.05, 4.69) is 44.5 Å². The second-order valence-electron chi connectivity index (χ2n) is 15.5. The topological polar surface area (TPSA) is 322 Å². The van der Waals surface area contributed by atoms with Crippen LogP contribution in [0.2, 0.25) is 0 Å². The summed E-state index contributed by atoms with van der Waals surface area (Å²) in [4.78, 5) is 105. The van der Waals surface area contributed by atoms with Crippen molar-refractivity contribution in [2.24, 2.45) is 11.7 Å². The van der Waals surface area contributed by atoms with E-state index in [1.807, 2.05) is 0 Å². The quantitative estimate of drug-likeness (QED) is 0.0233. The Hall–Kier alpha value is -6.74. The molecule has 65 heavy (non-hydrogen) atoms. The van der Waals surface area contributed by atoms with Gasteiger partial charge in [-0.15, -0.1) is 0 Å². The Kier molecular flexibility index (Phi) is 21.2. The summed E-state index contributed by atoms with van der Waals surface area (Å²) >= 11 is 4.15. The minimum absolute atomic E-state index is 0.00105. The van der Waals surface area contributed by atoms with Crippen LogP contribution in [0.4, 0.5) is 5.69 Å². The van der Waals surface area contributed by atoms with Crippen LogP contribution in [0.15, 0.2) is 72.8 Å². The van der Waals surface area contributed by atoms with E-state index in [-0.39, 0.29) is 55.2 Å². The number of phenols is 2. The molecule has 7 unspecified atom stereocenters. The third-order valence-corrected chi connectivity index (χ3v) is 10.8. The van der Waals surface area contributed by atoms with Crippen LogP contribution in [0.1, 0.15) is 63.1 Å². The number of non-ortho nitro benzene ring substituents is 1. The minimum Gasteiger partial charge on any atom is -0.508 e. The Bertz CT molecular complexity index is 2110. The number of rotatable bonds is 26. The highest BCUT2D eigenvalue weighted by Crippen LogP contribution is 2.17. The normalized spacial score (nSPS) is 14.2. The van der Waals surface area contributed by atoms with Gasteiger partial charge < -0.3 is 53.0 Å². The number of thiol groups is 1. The fraction of sp³-hybridized carbons (Fsp3) is 0.432. The summed E-state index contributed by atoms with van der Waals surface area (Å²) in [6, 6.07) is 8.70. The number of amides is 6. The lowest BCUT2D eigenvalue weighted by molar-refractivity contribution is -0.384. The summed E-state index contributed by atoms with van der Waals surface area (Å²) in [6.45, 7) is 4.93. The monoisotopic (exact) mass is 922 g/mol. The number of carboxylic acid groups (broad SMARTS) is 1. The van der Waals surface area contributed by atoms with Crippen molar-refractivity contribution in [3.05, 3.63) is 99.6 Å². The Morgan fingerprint density at radius 2 is 1.05 bits per heavy atom. The fourth-order valence-electron chi connectivity index (χ4n) is 6.58. The maximum Gasteiger partial charge on any atom is 0.326 e. The van der Waals surface area contributed by atoms with Crippen molar-refractivity contribution < 1.29 is 53.8 Å². The van der Waals surface area contributed by atoms with Gasteiger partial charge in [0.15, 0.2) is 0 Å². The SMILES string of the molecule is CCC(C)C(NC(=O)C(CS)NC(C)=O)C(=O)NC(Cc1ccc([N+](=O)[O-])cc1)C(=O)NC(CCCCN)C(=O)NC(Cc1ccc(O)cc1)C(=O)NC(Cc1ccc(O)cc1)C(=O)O. The lowest BCUT2D eigenvalue weighted by Gasteiger charge is -2.29. The molecule has 7 atom stereocenters. The summed E-state index contributed by atoms with van der Waals surface area (Å²) in [5.74, 6) is -6.67. The van der Waals surface area contributed by atoms with E-state index in [9.17, 15) is 59.0 Å². The van der Waals surface area contributed by atoms with Gasteiger partial charge in [-0.3, -0.25) is 38.9 Å². The molecule has 352 valence electrons. The number of aromatic hydroxyl groups is 2. The average molecular weight is 923 g/mol. The molecule has 0 saturated carbocycles. The molecule has 0 aliphatic heterocycles. The minimum atomic E-state index is -1.46. The van der Waals surface area contributed by atoms with Gasteiger partial charge in [-0.2, -0.15) is 12.6 Å². The summed E-state index contributed by atoms with van der Waals surface area (Å²) < 4.78 is 0.